The third kappa shape index (κ3) is 1.73. The van der Waals surface area contributed by atoms with Crippen LogP contribution in [0.3, 0.4) is 0 Å². The molecule has 1 saturated heterocycles. The first kappa shape index (κ1) is 11.9. The number of fused-ring (bicyclic) bond motifs is 1. The van der Waals surface area contributed by atoms with Gasteiger partial charge >= 0.3 is 5.82 Å². The van der Waals surface area contributed by atoms with Crippen molar-refractivity contribution in [3.63, 3.8) is 0 Å². The number of nitrogens with zero attached hydrogens (tertiary/aromatic N) is 4. The van der Waals surface area contributed by atoms with Crippen LogP contribution in [-0.2, 0) is 4.79 Å². The number of nitrogens with two attached hydrogens (primary N) is 1. The summed E-state index contributed by atoms with van der Waals surface area (Å²) in [7, 11) is 0. The van der Waals surface area contributed by atoms with Crippen LogP contribution in [0.25, 0.3) is 4.96 Å². The number of rotatable bonds is 3. The fourth-order valence-corrected chi connectivity index (χ4v) is 3.15. The quantitative estimate of drug-likeness (QED) is 0.660. The number of hydrogen-bond donors (Lipinski definition) is 1. The van der Waals surface area contributed by atoms with Crippen molar-refractivity contribution in [2.75, 3.05) is 11.4 Å². The summed E-state index contributed by atoms with van der Waals surface area (Å²) in [5.41, 5.74) is 5.34. The molecule has 3 heterocycles. The van der Waals surface area contributed by atoms with Gasteiger partial charge in [-0.3, -0.25) is 4.79 Å². The Labute approximate surface area is 111 Å². The number of carbonyl (C=O) groups excluding carboxylic acids is 1. The molecule has 2 aromatic heterocycles. The molecule has 0 spiro atoms. The molecule has 1 aliphatic rings. The lowest BCUT2D eigenvalue weighted by Crippen LogP contribution is -2.40. The molecule has 1 aliphatic heterocycles. The van der Waals surface area contributed by atoms with Gasteiger partial charge in [0.25, 0.3) is 4.96 Å². The van der Waals surface area contributed by atoms with Gasteiger partial charge < -0.3 is 20.7 Å². The van der Waals surface area contributed by atoms with Crippen LogP contribution in [0, 0.1) is 10.1 Å². The Kier molecular flexibility index (Phi) is 2.63. The van der Waals surface area contributed by atoms with Crippen LogP contribution in [-0.4, -0.2) is 32.8 Å². The van der Waals surface area contributed by atoms with E-state index in [0.717, 1.165) is 6.42 Å². The largest absolute Gasteiger partial charge is 0.373 e. The van der Waals surface area contributed by atoms with Gasteiger partial charge in [0.05, 0.1) is 0 Å². The third-order valence-electron chi connectivity index (χ3n) is 3.25. The van der Waals surface area contributed by atoms with Gasteiger partial charge in [0.15, 0.2) is 0 Å². The number of carbonyl (C=O) groups is 1. The molecule has 3 rings (SSSR count). The number of imidazole rings is 1. The average Bonchev–Trinajstić information content (AvgIpc) is 3.01. The number of primary amides is 1. The molecule has 2 N–H and O–H groups in total. The number of amides is 1. The number of aromatic nitrogens is 2. The predicted molar refractivity (Wildman–Crippen MR) is 69.3 cm³/mol. The first-order valence-corrected chi connectivity index (χ1v) is 6.63. The second-order valence-electron chi connectivity index (χ2n) is 4.33. The normalized spacial score (nSPS) is 19.2. The monoisotopic (exact) mass is 281 g/mol. The number of nitro groups is 1. The minimum Gasteiger partial charge on any atom is -0.368 e. The Bertz CT molecular complexity index is 663. The van der Waals surface area contributed by atoms with E-state index in [0.29, 0.717) is 17.9 Å². The Morgan fingerprint density at radius 3 is 3.11 bits per heavy atom. The Balaban J connectivity index is 2.14. The van der Waals surface area contributed by atoms with Crippen LogP contribution in [0.4, 0.5) is 11.6 Å². The zero-order chi connectivity index (χ0) is 13.6. The molecule has 0 aromatic carbocycles. The number of thiazole rings is 1. The fourth-order valence-electron chi connectivity index (χ4n) is 2.44. The molecule has 1 amide bonds. The van der Waals surface area contributed by atoms with Crippen LogP contribution < -0.4 is 10.6 Å². The van der Waals surface area contributed by atoms with E-state index in [1.54, 1.807) is 16.5 Å². The summed E-state index contributed by atoms with van der Waals surface area (Å²) in [6, 6.07) is -0.511. The van der Waals surface area contributed by atoms with Crippen LogP contribution in [0.5, 0.6) is 0 Å². The average molecular weight is 281 g/mol. The van der Waals surface area contributed by atoms with Gasteiger partial charge in [0.2, 0.25) is 11.7 Å². The molecule has 1 atom stereocenters. The molecule has 0 aliphatic carbocycles. The summed E-state index contributed by atoms with van der Waals surface area (Å²) in [6.45, 7) is 0.555. The third-order valence-corrected chi connectivity index (χ3v) is 4.00. The lowest BCUT2D eigenvalue weighted by Gasteiger charge is -2.20. The Hall–Kier alpha value is -2.16. The molecule has 0 saturated carbocycles. The first-order chi connectivity index (χ1) is 9.09. The van der Waals surface area contributed by atoms with E-state index in [1.807, 2.05) is 0 Å². The van der Waals surface area contributed by atoms with E-state index in [9.17, 15) is 14.9 Å². The Morgan fingerprint density at radius 2 is 2.42 bits per heavy atom. The molecule has 0 unspecified atom stereocenters. The summed E-state index contributed by atoms with van der Waals surface area (Å²) < 4.78 is 1.43. The van der Waals surface area contributed by atoms with Crippen LogP contribution in [0.15, 0.2) is 11.6 Å². The van der Waals surface area contributed by atoms with Gasteiger partial charge in [-0.2, -0.15) is 9.38 Å². The first-order valence-electron chi connectivity index (χ1n) is 5.75. The second kappa shape index (κ2) is 4.19. The minimum atomic E-state index is -0.511. The number of anilines is 1. The van der Waals surface area contributed by atoms with Crippen molar-refractivity contribution in [2.45, 2.75) is 18.9 Å². The van der Waals surface area contributed by atoms with E-state index in [1.165, 1.54) is 15.7 Å². The van der Waals surface area contributed by atoms with Crippen LogP contribution in [0.1, 0.15) is 12.8 Å². The maximum Gasteiger partial charge on any atom is 0.373 e. The van der Waals surface area contributed by atoms with Crippen molar-refractivity contribution < 1.29 is 9.72 Å². The molecule has 9 heteroatoms. The van der Waals surface area contributed by atoms with Crippen molar-refractivity contribution in [3.05, 3.63) is 21.7 Å². The highest BCUT2D eigenvalue weighted by Crippen LogP contribution is 2.34. The van der Waals surface area contributed by atoms with Gasteiger partial charge in [0, 0.05) is 11.9 Å². The molecule has 8 nitrogen and oxygen atoms in total. The van der Waals surface area contributed by atoms with Gasteiger partial charge in [-0.05, 0) is 17.8 Å². The van der Waals surface area contributed by atoms with Crippen molar-refractivity contribution in [3.8, 4) is 0 Å². The van der Waals surface area contributed by atoms with E-state index < -0.39 is 16.9 Å². The predicted octanol–water partition coefficient (Wildman–Crippen LogP) is 0.758. The van der Waals surface area contributed by atoms with Crippen molar-refractivity contribution >= 4 is 33.8 Å². The highest BCUT2D eigenvalue weighted by Gasteiger charge is 2.36. The van der Waals surface area contributed by atoms with Gasteiger partial charge in [-0.15, -0.1) is 0 Å². The maximum atomic E-state index is 11.4. The molecule has 100 valence electrons. The highest BCUT2D eigenvalue weighted by atomic mass is 32.1. The van der Waals surface area contributed by atoms with Gasteiger partial charge in [-0.1, -0.05) is 11.3 Å². The summed E-state index contributed by atoms with van der Waals surface area (Å²) in [4.78, 5) is 28.6. The minimum absolute atomic E-state index is 0.107. The molecule has 19 heavy (non-hydrogen) atoms. The van der Waals surface area contributed by atoms with Crippen molar-refractivity contribution in [2.24, 2.45) is 5.73 Å². The van der Waals surface area contributed by atoms with E-state index in [-0.39, 0.29) is 11.6 Å². The van der Waals surface area contributed by atoms with E-state index >= 15 is 0 Å². The van der Waals surface area contributed by atoms with Crippen LogP contribution in [0.2, 0.25) is 0 Å². The van der Waals surface area contributed by atoms with E-state index in [4.69, 9.17) is 5.73 Å². The SMILES string of the molecule is NC(=O)[C@@H]1CCCN1c1nc2sccn2c1[N+](=O)[O-]. The molecule has 1 fully saturated rings. The molecule has 0 radical (unpaired) electrons. The zero-order valence-corrected chi connectivity index (χ0v) is 10.7. The highest BCUT2D eigenvalue weighted by molar-refractivity contribution is 7.15. The standard InChI is InChI=1S/C10H11N5O3S/c11-7(16)6-2-1-3-13(6)8-9(15(17)18)14-4-5-19-10(14)12-8/h4-6H,1-3H2,(H2,11,16)/t6-/m0/s1. The van der Waals surface area contributed by atoms with Gasteiger partial charge in [0.1, 0.15) is 12.2 Å². The van der Waals surface area contributed by atoms with Crippen molar-refractivity contribution in [1.82, 2.24) is 9.38 Å². The van der Waals surface area contributed by atoms with Crippen molar-refractivity contribution in [1.29, 1.82) is 0 Å². The molecule has 0 bridgehead atoms. The molecule has 2 aromatic rings. The second-order valence-corrected chi connectivity index (χ2v) is 5.20. The summed E-state index contributed by atoms with van der Waals surface area (Å²) in [5, 5.41) is 13.0. The summed E-state index contributed by atoms with van der Waals surface area (Å²) in [5.74, 6) is -0.342. The summed E-state index contributed by atoms with van der Waals surface area (Å²) >= 11 is 1.31. The topological polar surface area (TPSA) is 107 Å². The van der Waals surface area contributed by atoms with Gasteiger partial charge in [-0.25, -0.2) is 0 Å². The molecular weight excluding hydrogens is 270 g/mol. The van der Waals surface area contributed by atoms with E-state index in [2.05, 4.69) is 4.98 Å². The molecular formula is C10H11N5O3S. The summed E-state index contributed by atoms with van der Waals surface area (Å²) in [6.07, 6.45) is 2.98. The Morgan fingerprint density at radius 1 is 1.63 bits per heavy atom. The number of hydrogen-bond acceptors (Lipinski definition) is 6. The lowest BCUT2D eigenvalue weighted by atomic mass is 10.2. The maximum absolute atomic E-state index is 11.4. The fraction of sp³-hybridized carbons (Fsp3) is 0.400. The van der Waals surface area contributed by atoms with Crippen LogP contribution >= 0.6 is 11.3 Å². The zero-order valence-electron chi connectivity index (χ0n) is 9.85. The lowest BCUT2D eigenvalue weighted by molar-refractivity contribution is -0.389. The smallest absolute Gasteiger partial charge is 0.368 e.